The number of aliphatic hydroxyl groups excluding tert-OH is 2. The molecule has 0 aliphatic rings. The third kappa shape index (κ3) is 73.0. The van der Waals surface area contributed by atoms with E-state index in [1.54, 1.807) is 0 Å². The summed E-state index contributed by atoms with van der Waals surface area (Å²) in [6.07, 6.45) is 99.5. The SMILES string of the molecule is CCCC/C=C\C/C=C\CCCCCCCC(=O)OCCCCCCCCCCCCCCCC/C=C\CCCCCCCCCCCCCCCCCCCC(=O)NC(CO)C(O)CCCCCCCCCCCCCCCCCCCCCCC. The average Bonchev–Trinajstić information content (AvgIpc) is 3.52. The summed E-state index contributed by atoms with van der Waals surface area (Å²) >= 11 is 0. The molecule has 87 heavy (non-hydrogen) atoms. The number of carbonyl (C=O) groups excluding carboxylic acids is 2. The third-order valence-electron chi connectivity index (χ3n) is 18.7. The fourth-order valence-electron chi connectivity index (χ4n) is 12.6. The molecule has 0 aliphatic heterocycles. The maximum absolute atomic E-state index is 12.6. The fourth-order valence-corrected chi connectivity index (χ4v) is 12.6. The summed E-state index contributed by atoms with van der Waals surface area (Å²) in [6.45, 7) is 4.95. The van der Waals surface area contributed by atoms with Gasteiger partial charge in [0.05, 0.1) is 25.4 Å². The van der Waals surface area contributed by atoms with Crippen LogP contribution in [-0.4, -0.2) is 47.4 Å². The lowest BCUT2D eigenvalue weighted by Crippen LogP contribution is -2.45. The number of nitrogens with one attached hydrogen (secondary N) is 1. The number of amides is 1. The normalized spacial score (nSPS) is 12.6. The van der Waals surface area contributed by atoms with E-state index in [0.29, 0.717) is 25.9 Å². The first-order chi connectivity index (χ1) is 43.0. The van der Waals surface area contributed by atoms with Gasteiger partial charge in [0.2, 0.25) is 5.91 Å². The van der Waals surface area contributed by atoms with Crippen LogP contribution >= 0.6 is 0 Å². The van der Waals surface area contributed by atoms with Gasteiger partial charge < -0.3 is 20.3 Å². The topological polar surface area (TPSA) is 95.9 Å². The van der Waals surface area contributed by atoms with Crippen LogP contribution in [0.3, 0.4) is 0 Å². The Morgan fingerprint density at radius 2 is 0.586 bits per heavy atom. The molecular formula is C81H155NO5. The molecule has 0 aliphatic carbocycles. The Hall–Kier alpha value is -1.92. The fraction of sp³-hybridized carbons (Fsp3) is 0.901. The number of carbonyl (C=O) groups is 2. The number of esters is 1. The molecule has 0 saturated carbocycles. The van der Waals surface area contributed by atoms with Gasteiger partial charge in [-0.15, -0.1) is 0 Å². The van der Waals surface area contributed by atoms with Crippen molar-refractivity contribution in [2.24, 2.45) is 0 Å². The van der Waals surface area contributed by atoms with Crippen LogP contribution in [-0.2, 0) is 14.3 Å². The van der Waals surface area contributed by atoms with Crippen molar-refractivity contribution in [1.82, 2.24) is 5.32 Å². The highest BCUT2D eigenvalue weighted by Gasteiger charge is 2.20. The molecule has 6 heteroatoms. The molecule has 0 aromatic rings. The van der Waals surface area contributed by atoms with Gasteiger partial charge in [0.15, 0.2) is 0 Å². The van der Waals surface area contributed by atoms with E-state index < -0.39 is 12.1 Å². The van der Waals surface area contributed by atoms with Crippen LogP contribution in [0, 0.1) is 0 Å². The van der Waals surface area contributed by atoms with Gasteiger partial charge in [-0.1, -0.05) is 391 Å². The van der Waals surface area contributed by atoms with Crippen molar-refractivity contribution in [3.05, 3.63) is 36.5 Å². The van der Waals surface area contributed by atoms with E-state index in [4.69, 9.17) is 4.74 Å². The number of allylic oxidation sites excluding steroid dienone is 6. The molecule has 2 unspecified atom stereocenters. The summed E-state index contributed by atoms with van der Waals surface area (Å²) in [5.74, 6) is -0.0203. The summed E-state index contributed by atoms with van der Waals surface area (Å²) < 4.78 is 5.49. The molecule has 0 aromatic heterocycles. The monoisotopic (exact) mass is 1220 g/mol. The van der Waals surface area contributed by atoms with Gasteiger partial charge in [-0.2, -0.15) is 0 Å². The predicted octanol–water partition coefficient (Wildman–Crippen LogP) is 26.2. The molecule has 0 aromatic carbocycles. The molecule has 1 amide bonds. The second-order valence-electron chi connectivity index (χ2n) is 27.4. The van der Waals surface area contributed by atoms with Gasteiger partial charge in [0.1, 0.15) is 0 Å². The summed E-state index contributed by atoms with van der Waals surface area (Å²) in [5, 5.41) is 23.5. The molecular weight excluding hydrogens is 1070 g/mol. The maximum Gasteiger partial charge on any atom is 0.305 e. The smallest absolute Gasteiger partial charge is 0.305 e. The molecule has 2 atom stereocenters. The average molecular weight is 1220 g/mol. The molecule has 0 fully saturated rings. The van der Waals surface area contributed by atoms with Crippen molar-refractivity contribution in [1.29, 1.82) is 0 Å². The lowest BCUT2D eigenvalue weighted by Gasteiger charge is -2.22. The Bertz CT molecular complexity index is 1410. The highest BCUT2D eigenvalue weighted by Crippen LogP contribution is 2.20. The zero-order valence-corrected chi connectivity index (χ0v) is 59.0. The molecule has 0 rings (SSSR count). The highest BCUT2D eigenvalue weighted by molar-refractivity contribution is 5.76. The minimum Gasteiger partial charge on any atom is -0.466 e. The van der Waals surface area contributed by atoms with Crippen LogP contribution in [0.15, 0.2) is 36.5 Å². The zero-order valence-electron chi connectivity index (χ0n) is 59.0. The second kappa shape index (κ2) is 76.5. The van der Waals surface area contributed by atoms with E-state index in [2.05, 4.69) is 55.6 Å². The van der Waals surface area contributed by atoms with Crippen molar-refractivity contribution < 1.29 is 24.5 Å². The Balaban J connectivity index is 3.35. The molecule has 0 heterocycles. The lowest BCUT2D eigenvalue weighted by atomic mass is 10.0. The van der Waals surface area contributed by atoms with E-state index in [1.807, 2.05) is 0 Å². The Kier molecular flexibility index (Phi) is 74.8. The molecule has 514 valence electrons. The largest absolute Gasteiger partial charge is 0.466 e. The third-order valence-corrected chi connectivity index (χ3v) is 18.7. The quantitative estimate of drug-likeness (QED) is 0.0320. The van der Waals surface area contributed by atoms with E-state index in [0.717, 1.165) is 51.4 Å². The van der Waals surface area contributed by atoms with E-state index in [-0.39, 0.29) is 18.5 Å². The van der Waals surface area contributed by atoms with Crippen molar-refractivity contribution in [3.8, 4) is 0 Å². The first-order valence-corrected chi connectivity index (χ1v) is 39.7. The van der Waals surface area contributed by atoms with Gasteiger partial charge in [0, 0.05) is 12.8 Å². The van der Waals surface area contributed by atoms with Crippen molar-refractivity contribution in [3.63, 3.8) is 0 Å². The van der Waals surface area contributed by atoms with Gasteiger partial charge in [-0.3, -0.25) is 9.59 Å². The van der Waals surface area contributed by atoms with Crippen LogP contribution in [0.1, 0.15) is 444 Å². The zero-order chi connectivity index (χ0) is 62.8. The number of ether oxygens (including phenoxy) is 1. The predicted molar refractivity (Wildman–Crippen MR) is 384 cm³/mol. The molecule has 0 bridgehead atoms. The van der Waals surface area contributed by atoms with Crippen LogP contribution in [0.5, 0.6) is 0 Å². The first kappa shape index (κ1) is 85.1. The number of unbranched alkanes of at least 4 members (excludes halogenated alkanes) is 58. The second-order valence-corrected chi connectivity index (χ2v) is 27.4. The molecule has 0 saturated heterocycles. The Morgan fingerprint density at radius 3 is 0.920 bits per heavy atom. The van der Waals surface area contributed by atoms with Crippen LogP contribution < -0.4 is 5.32 Å². The first-order valence-electron chi connectivity index (χ1n) is 39.7. The molecule has 0 spiro atoms. The highest BCUT2D eigenvalue weighted by atomic mass is 16.5. The van der Waals surface area contributed by atoms with Crippen LogP contribution in [0.2, 0.25) is 0 Å². The summed E-state index contributed by atoms with van der Waals surface area (Å²) in [4.78, 5) is 24.6. The number of hydrogen-bond acceptors (Lipinski definition) is 5. The van der Waals surface area contributed by atoms with Crippen molar-refractivity contribution in [2.75, 3.05) is 13.2 Å². The van der Waals surface area contributed by atoms with Crippen molar-refractivity contribution >= 4 is 11.9 Å². The molecule has 3 N–H and O–H groups in total. The number of rotatable bonds is 75. The number of aliphatic hydroxyl groups is 2. The van der Waals surface area contributed by atoms with E-state index in [9.17, 15) is 19.8 Å². The van der Waals surface area contributed by atoms with E-state index >= 15 is 0 Å². The molecule has 0 radical (unpaired) electrons. The van der Waals surface area contributed by atoms with Gasteiger partial charge in [0.25, 0.3) is 0 Å². The maximum atomic E-state index is 12.6. The molecule has 6 nitrogen and oxygen atoms in total. The van der Waals surface area contributed by atoms with Crippen LogP contribution in [0.4, 0.5) is 0 Å². The minimum atomic E-state index is -0.663. The van der Waals surface area contributed by atoms with Crippen molar-refractivity contribution in [2.45, 2.75) is 456 Å². The summed E-state index contributed by atoms with van der Waals surface area (Å²) in [7, 11) is 0. The number of hydrogen-bond donors (Lipinski definition) is 3. The lowest BCUT2D eigenvalue weighted by molar-refractivity contribution is -0.143. The summed E-state index contributed by atoms with van der Waals surface area (Å²) in [6, 6.07) is -0.540. The van der Waals surface area contributed by atoms with Crippen LogP contribution in [0.25, 0.3) is 0 Å². The minimum absolute atomic E-state index is 0.00613. The summed E-state index contributed by atoms with van der Waals surface area (Å²) in [5.41, 5.74) is 0. The van der Waals surface area contributed by atoms with Gasteiger partial charge in [-0.05, 0) is 77.0 Å². The Labute approximate surface area is 544 Å². The standard InChI is InChI=1S/C81H155NO5/c1-3-5-7-9-11-13-15-17-19-20-21-37-40-43-46-49-53-57-61-65-69-73-79(84)78(77-83)82-80(85)74-70-66-62-58-54-50-47-44-41-38-35-33-31-29-27-25-23-22-24-26-28-30-32-34-36-39-42-45-48-52-56-60-64-68-72-76-87-81(86)75-71-67-63-59-55-51-18-16-14-12-10-8-6-4-2/h10,12,16,18,24,26,78-79,83-84H,3-9,11,13-15,17,19-23,25,27-77H2,1-2H3,(H,82,85)/b12-10-,18-16-,26-24-. The van der Waals surface area contributed by atoms with Gasteiger partial charge in [-0.25, -0.2) is 0 Å². The van der Waals surface area contributed by atoms with E-state index in [1.165, 1.54) is 360 Å². The Morgan fingerprint density at radius 1 is 0.322 bits per heavy atom. The van der Waals surface area contributed by atoms with Gasteiger partial charge >= 0.3 is 5.97 Å².